The van der Waals surface area contributed by atoms with Crippen LogP contribution in [0.4, 0.5) is 0 Å². The Morgan fingerprint density at radius 1 is 0.783 bits per heavy atom. The first kappa shape index (κ1) is 14.9. The molecule has 2 N–H and O–H groups in total. The third-order valence-corrected chi connectivity index (χ3v) is 3.75. The van der Waals surface area contributed by atoms with E-state index in [0.717, 1.165) is 5.56 Å². The molecule has 0 amide bonds. The smallest absolute Gasteiger partial charge is 0.193 e. The minimum absolute atomic E-state index is 0.0138. The number of phenolic OH excluding ortho intramolecular Hbond substituents is 2. The van der Waals surface area contributed by atoms with Gasteiger partial charge in [-0.15, -0.1) is 0 Å². The maximum absolute atomic E-state index is 12.7. The summed E-state index contributed by atoms with van der Waals surface area (Å²) < 4.78 is 0. The molecule has 0 aliphatic heterocycles. The number of benzene rings is 3. The zero-order valence-electron chi connectivity index (χ0n) is 12.4. The molecule has 3 heteroatoms. The highest BCUT2D eigenvalue weighted by molar-refractivity contribution is 6.09. The summed E-state index contributed by atoms with van der Waals surface area (Å²) in [7, 11) is 0. The Labute approximate surface area is 134 Å². The van der Waals surface area contributed by atoms with Gasteiger partial charge in [-0.25, -0.2) is 0 Å². The van der Waals surface area contributed by atoms with Crippen LogP contribution in [0.3, 0.4) is 0 Å². The van der Waals surface area contributed by atoms with Crippen molar-refractivity contribution in [2.75, 3.05) is 0 Å². The van der Waals surface area contributed by atoms with Gasteiger partial charge in [0.2, 0.25) is 0 Å². The van der Waals surface area contributed by atoms with Gasteiger partial charge in [0.25, 0.3) is 0 Å². The number of rotatable bonds is 4. The van der Waals surface area contributed by atoms with Crippen molar-refractivity contribution in [2.24, 2.45) is 0 Å². The summed E-state index contributed by atoms with van der Waals surface area (Å²) in [5.41, 5.74) is 2.75. The van der Waals surface area contributed by atoms with Gasteiger partial charge in [0, 0.05) is 23.6 Å². The van der Waals surface area contributed by atoms with Gasteiger partial charge in [0.1, 0.15) is 11.5 Å². The van der Waals surface area contributed by atoms with E-state index in [9.17, 15) is 15.0 Å². The molecule has 0 fully saturated rings. The third kappa shape index (κ3) is 3.24. The van der Waals surface area contributed by atoms with E-state index < -0.39 is 0 Å². The van der Waals surface area contributed by atoms with Crippen LogP contribution in [0.1, 0.15) is 27.0 Å². The normalized spacial score (nSPS) is 10.4. The minimum Gasteiger partial charge on any atom is -0.508 e. The molecule has 23 heavy (non-hydrogen) atoms. The van der Waals surface area contributed by atoms with Gasteiger partial charge in [0.05, 0.1) is 0 Å². The molecular formula is C20H16O3. The van der Waals surface area contributed by atoms with Crippen molar-refractivity contribution < 1.29 is 15.0 Å². The molecule has 0 aliphatic carbocycles. The van der Waals surface area contributed by atoms with Crippen LogP contribution in [0.2, 0.25) is 0 Å². The first-order chi connectivity index (χ1) is 11.1. The molecule has 114 valence electrons. The molecule has 0 aliphatic rings. The van der Waals surface area contributed by atoms with E-state index in [4.69, 9.17) is 0 Å². The molecule has 0 radical (unpaired) electrons. The van der Waals surface area contributed by atoms with Crippen molar-refractivity contribution in [1.29, 1.82) is 0 Å². The SMILES string of the molecule is O=C(c1ccccc1)c1ccccc1Cc1ccc(O)cc1O. The van der Waals surface area contributed by atoms with Crippen LogP contribution in [0, 0.1) is 0 Å². The number of phenols is 2. The average Bonchev–Trinajstić information content (AvgIpc) is 2.58. The first-order valence-corrected chi connectivity index (χ1v) is 7.33. The van der Waals surface area contributed by atoms with E-state index in [2.05, 4.69) is 0 Å². The lowest BCUT2D eigenvalue weighted by molar-refractivity contribution is 0.103. The quantitative estimate of drug-likeness (QED) is 0.718. The van der Waals surface area contributed by atoms with E-state index in [1.807, 2.05) is 36.4 Å². The monoisotopic (exact) mass is 304 g/mol. The van der Waals surface area contributed by atoms with Crippen molar-refractivity contribution in [1.82, 2.24) is 0 Å². The molecule has 0 saturated carbocycles. The lowest BCUT2D eigenvalue weighted by atomic mass is 9.94. The molecule has 3 nitrogen and oxygen atoms in total. The topological polar surface area (TPSA) is 57.5 Å². The molecule has 3 aromatic carbocycles. The van der Waals surface area contributed by atoms with E-state index in [1.165, 1.54) is 12.1 Å². The van der Waals surface area contributed by atoms with Crippen LogP contribution in [0.5, 0.6) is 11.5 Å². The Kier molecular flexibility index (Phi) is 4.11. The maximum Gasteiger partial charge on any atom is 0.193 e. The Morgan fingerprint density at radius 3 is 2.22 bits per heavy atom. The van der Waals surface area contributed by atoms with Crippen LogP contribution in [0.25, 0.3) is 0 Å². The average molecular weight is 304 g/mol. The summed E-state index contributed by atoms with van der Waals surface area (Å²) in [5, 5.41) is 19.3. The summed E-state index contributed by atoms with van der Waals surface area (Å²) >= 11 is 0. The number of hydrogen-bond acceptors (Lipinski definition) is 3. The standard InChI is InChI=1S/C20H16O3/c21-17-11-10-16(19(22)13-17)12-15-8-4-5-9-18(15)20(23)14-6-2-1-3-7-14/h1-11,13,21-22H,12H2. The second-order valence-electron chi connectivity index (χ2n) is 5.34. The summed E-state index contributed by atoms with van der Waals surface area (Å²) in [6.45, 7) is 0. The van der Waals surface area contributed by atoms with Gasteiger partial charge in [-0.3, -0.25) is 4.79 Å². The second kappa shape index (κ2) is 6.36. The van der Waals surface area contributed by atoms with Gasteiger partial charge < -0.3 is 10.2 Å². The number of carbonyl (C=O) groups is 1. The van der Waals surface area contributed by atoms with Crippen molar-refractivity contribution in [2.45, 2.75) is 6.42 Å². The molecule has 0 bridgehead atoms. The lowest BCUT2D eigenvalue weighted by Crippen LogP contribution is -2.05. The number of ketones is 1. The predicted octanol–water partition coefficient (Wildman–Crippen LogP) is 3.92. The Balaban J connectivity index is 1.97. The molecule has 0 heterocycles. The fourth-order valence-electron chi connectivity index (χ4n) is 2.55. The van der Waals surface area contributed by atoms with Gasteiger partial charge >= 0.3 is 0 Å². The number of aromatic hydroxyl groups is 2. The molecule has 3 rings (SSSR count). The fraction of sp³-hybridized carbons (Fsp3) is 0.0500. The number of hydrogen-bond donors (Lipinski definition) is 2. The predicted molar refractivity (Wildman–Crippen MR) is 88.9 cm³/mol. The van der Waals surface area contributed by atoms with E-state index in [1.54, 1.807) is 24.3 Å². The van der Waals surface area contributed by atoms with Gasteiger partial charge in [-0.1, -0.05) is 60.7 Å². The third-order valence-electron chi connectivity index (χ3n) is 3.75. The van der Waals surface area contributed by atoms with Crippen LogP contribution in [0.15, 0.2) is 72.8 Å². The van der Waals surface area contributed by atoms with Gasteiger partial charge in [-0.05, 0) is 17.2 Å². The van der Waals surface area contributed by atoms with Crippen molar-refractivity contribution >= 4 is 5.78 Å². The van der Waals surface area contributed by atoms with Crippen LogP contribution < -0.4 is 0 Å². The highest BCUT2D eigenvalue weighted by Gasteiger charge is 2.14. The largest absolute Gasteiger partial charge is 0.508 e. The summed E-state index contributed by atoms with van der Waals surface area (Å²) in [6.07, 6.45) is 0.418. The van der Waals surface area contributed by atoms with Crippen LogP contribution in [-0.2, 0) is 6.42 Å². The molecule has 3 aromatic rings. The van der Waals surface area contributed by atoms with Crippen molar-refractivity contribution in [3.05, 3.63) is 95.1 Å². The van der Waals surface area contributed by atoms with E-state index in [0.29, 0.717) is 23.1 Å². The van der Waals surface area contributed by atoms with E-state index in [-0.39, 0.29) is 17.3 Å². The first-order valence-electron chi connectivity index (χ1n) is 7.33. The van der Waals surface area contributed by atoms with Gasteiger partial charge in [0.15, 0.2) is 5.78 Å². The zero-order chi connectivity index (χ0) is 16.2. The Morgan fingerprint density at radius 2 is 1.48 bits per heavy atom. The number of carbonyl (C=O) groups excluding carboxylic acids is 1. The highest BCUT2D eigenvalue weighted by atomic mass is 16.3. The Hall–Kier alpha value is -3.07. The molecule has 0 spiro atoms. The Bertz CT molecular complexity index is 839. The van der Waals surface area contributed by atoms with Crippen molar-refractivity contribution in [3.63, 3.8) is 0 Å². The molecule has 0 unspecified atom stereocenters. The summed E-state index contributed by atoms with van der Waals surface area (Å²) in [5.74, 6) is -0.00803. The summed E-state index contributed by atoms with van der Waals surface area (Å²) in [4.78, 5) is 12.7. The molecule has 0 atom stereocenters. The molecule has 0 aromatic heterocycles. The fourth-order valence-corrected chi connectivity index (χ4v) is 2.55. The van der Waals surface area contributed by atoms with Gasteiger partial charge in [-0.2, -0.15) is 0 Å². The second-order valence-corrected chi connectivity index (χ2v) is 5.34. The molecule has 0 saturated heterocycles. The summed E-state index contributed by atoms with van der Waals surface area (Å²) in [6, 6.07) is 21.0. The van der Waals surface area contributed by atoms with Crippen LogP contribution >= 0.6 is 0 Å². The van der Waals surface area contributed by atoms with Crippen molar-refractivity contribution in [3.8, 4) is 11.5 Å². The lowest BCUT2D eigenvalue weighted by Gasteiger charge is -2.10. The van der Waals surface area contributed by atoms with E-state index >= 15 is 0 Å². The highest BCUT2D eigenvalue weighted by Crippen LogP contribution is 2.26. The molecular weight excluding hydrogens is 288 g/mol. The van der Waals surface area contributed by atoms with Crippen LogP contribution in [-0.4, -0.2) is 16.0 Å². The maximum atomic E-state index is 12.7. The minimum atomic E-state index is -0.0422. The zero-order valence-corrected chi connectivity index (χ0v) is 12.4.